The fourth-order valence-electron chi connectivity index (χ4n) is 2.61. The monoisotopic (exact) mass is 365 g/mol. The molecule has 7 nitrogen and oxygen atoms in total. The van der Waals surface area contributed by atoms with Gasteiger partial charge in [-0.15, -0.1) is 0 Å². The first kappa shape index (κ1) is 18.3. The Balaban J connectivity index is 2.02. The summed E-state index contributed by atoms with van der Waals surface area (Å²) in [7, 11) is 0. The van der Waals surface area contributed by atoms with Crippen LogP contribution >= 0.6 is 0 Å². The highest BCUT2D eigenvalue weighted by atomic mass is 16.5. The third kappa shape index (κ3) is 4.20. The van der Waals surface area contributed by atoms with E-state index in [0.717, 1.165) is 10.9 Å². The highest BCUT2D eigenvalue weighted by Crippen LogP contribution is 2.25. The van der Waals surface area contributed by atoms with Gasteiger partial charge >= 0.3 is 11.9 Å². The van der Waals surface area contributed by atoms with E-state index in [1.165, 1.54) is 12.4 Å². The third-order valence-corrected chi connectivity index (χ3v) is 3.76. The molecule has 0 radical (unpaired) electrons. The van der Waals surface area contributed by atoms with Crippen LogP contribution in [-0.4, -0.2) is 35.1 Å². The SMILES string of the molecule is CCOC(=O)c1cc(Nc2ncnc3ccccc23)cc(C(=O)OCC)c1. The molecular formula is C20H19N3O4. The number of carbonyl (C=O) groups excluding carboxylic acids is 2. The lowest BCUT2D eigenvalue weighted by atomic mass is 10.1. The predicted molar refractivity (Wildman–Crippen MR) is 101 cm³/mol. The lowest BCUT2D eigenvalue weighted by Crippen LogP contribution is -2.10. The quantitative estimate of drug-likeness (QED) is 0.666. The number of hydrogen-bond donors (Lipinski definition) is 1. The molecule has 1 heterocycles. The van der Waals surface area contributed by atoms with Gasteiger partial charge in [0.25, 0.3) is 0 Å². The molecule has 0 aliphatic heterocycles. The molecule has 3 aromatic rings. The van der Waals surface area contributed by atoms with Gasteiger partial charge in [0.05, 0.1) is 29.9 Å². The number of rotatable bonds is 6. The second-order valence-electron chi connectivity index (χ2n) is 5.60. The fourth-order valence-corrected chi connectivity index (χ4v) is 2.61. The van der Waals surface area contributed by atoms with Gasteiger partial charge in [0.2, 0.25) is 0 Å². The molecule has 0 saturated heterocycles. The molecule has 7 heteroatoms. The van der Waals surface area contributed by atoms with Crippen molar-refractivity contribution in [1.82, 2.24) is 9.97 Å². The molecule has 0 aliphatic carbocycles. The molecule has 27 heavy (non-hydrogen) atoms. The van der Waals surface area contributed by atoms with Crippen molar-refractivity contribution in [3.05, 3.63) is 59.9 Å². The van der Waals surface area contributed by atoms with Gasteiger partial charge in [-0.05, 0) is 44.2 Å². The molecule has 0 bridgehead atoms. The Morgan fingerprint density at radius 2 is 1.56 bits per heavy atom. The van der Waals surface area contributed by atoms with Crippen LogP contribution in [0.1, 0.15) is 34.6 Å². The molecule has 1 aromatic heterocycles. The molecule has 0 amide bonds. The van der Waals surface area contributed by atoms with Crippen LogP contribution in [0.5, 0.6) is 0 Å². The molecule has 3 rings (SSSR count). The molecule has 0 atom stereocenters. The number of hydrogen-bond acceptors (Lipinski definition) is 7. The van der Waals surface area contributed by atoms with E-state index in [0.29, 0.717) is 11.5 Å². The van der Waals surface area contributed by atoms with Crippen LogP contribution in [0.15, 0.2) is 48.8 Å². The average Bonchev–Trinajstić information content (AvgIpc) is 2.68. The zero-order chi connectivity index (χ0) is 19.2. The second kappa shape index (κ2) is 8.27. The summed E-state index contributed by atoms with van der Waals surface area (Å²) >= 11 is 0. The van der Waals surface area contributed by atoms with E-state index in [4.69, 9.17) is 9.47 Å². The number of para-hydroxylation sites is 1. The number of nitrogens with one attached hydrogen (secondary N) is 1. The van der Waals surface area contributed by atoms with Crippen LogP contribution in [-0.2, 0) is 9.47 Å². The molecule has 2 aromatic carbocycles. The summed E-state index contributed by atoms with van der Waals surface area (Å²) in [6.45, 7) is 3.92. The van der Waals surface area contributed by atoms with Gasteiger partial charge in [-0.3, -0.25) is 0 Å². The highest BCUT2D eigenvalue weighted by molar-refractivity contribution is 5.98. The van der Waals surface area contributed by atoms with Crippen LogP contribution in [0, 0.1) is 0 Å². The molecule has 0 spiro atoms. The lowest BCUT2D eigenvalue weighted by Gasteiger charge is -2.12. The summed E-state index contributed by atoms with van der Waals surface area (Å²) in [5.74, 6) is -0.463. The minimum atomic E-state index is -0.515. The van der Waals surface area contributed by atoms with Crippen molar-refractivity contribution < 1.29 is 19.1 Å². The number of ether oxygens (including phenoxy) is 2. The van der Waals surface area contributed by atoms with E-state index in [9.17, 15) is 9.59 Å². The summed E-state index contributed by atoms with van der Waals surface area (Å²) in [6, 6.07) is 12.2. The molecule has 138 valence electrons. The summed E-state index contributed by atoms with van der Waals surface area (Å²) in [4.78, 5) is 32.8. The zero-order valence-electron chi connectivity index (χ0n) is 15.1. The topological polar surface area (TPSA) is 90.4 Å². The van der Waals surface area contributed by atoms with Crippen molar-refractivity contribution in [3.63, 3.8) is 0 Å². The number of fused-ring (bicyclic) bond motifs is 1. The maximum Gasteiger partial charge on any atom is 0.338 e. The van der Waals surface area contributed by atoms with Crippen molar-refractivity contribution in [2.24, 2.45) is 0 Å². The number of carbonyl (C=O) groups is 2. The van der Waals surface area contributed by atoms with E-state index in [2.05, 4.69) is 15.3 Å². The Bertz CT molecular complexity index is 946. The van der Waals surface area contributed by atoms with Crippen LogP contribution in [0.3, 0.4) is 0 Å². The van der Waals surface area contributed by atoms with Gasteiger partial charge in [-0.1, -0.05) is 12.1 Å². The first-order chi connectivity index (χ1) is 13.1. The molecule has 0 saturated carbocycles. The van der Waals surface area contributed by atoms with Crippen LogP contribution in [0.25, 0.3) is 10.9 Å². The lowest BCUT2D eigenvalue weighted by molar-refractivity contribution is 0.0525. The molecule has 1 N–H and O–H groups in total. The number of esters is 2. The van der Waals surface area contributed by atoms with Crippen LogP contribution in [0.4, 0.5) is 11.5 Å². The van der Waals surface area contributed by atoms with Crippen molar-refractivity contribution >= 4 is 34.3 Å². The van der Waals surface area contributed by atoms with Crippen molar-refractivity contribution in [1.29, 1.82) is 0 Å². The zero-order valence-corrected chi connectivity index (χ0v) is 15.1. The minimum Gasteiger partial charge on any atom is -0.462 e. The normalized spacial score (nSPS) is 10.4. The number of benzene rings is 2. The Labute approximate surface area is 156 Å². The van der Waals surface area contributed by atoms with Crippen molar-refractivity contribution in [2.45, 2.75) is 13.8 Å². The maximum atomic E-state index is 12.2. The fraction of sp³-hybridized carbons (Fsp3) is 0.200. The number of nitrogens with zero attached hydrogens (tertiary/aromatic N) is 2. The van der Waals surface area contributed by atoms with Crippen LogP contribution < -0.4 is 5.32 Å². The van der Waals surface area contributed by atoms with E-state index < -0.39 is 11.9 Å². The Morgan fingerprint density at radius 3 is 2.19 bits per heavy atom. The van der Waals surface area contributed by atoms with Gasteiger partial charge in [0.15, 0.2) is 0 Å². The minimum absolute atomic E-state index is 0.238. The van der Waals surface area contributed by atoms with E-state index in [1.54, 1.807) is 26.0 Å². The Kier molecular flexibility index (Phi) is 5.61. The third-order valence-electron chi connectivity index (χ3n) is 3.76. The average molecular weight is 365 g/mol. The standard InChI is InChI=1S/C20H19N3O4/c1-3-26-19(24)13-9-14(20(25)27-4-2)11-15(10-13)23-18-16-7-5-6-8-17(16)21-12-22-18/h5-12H,3-4H2,1-2H3,(H,21,22,23). The second-order valence-corrected chi connectivity index (χ2v) is 5.60. The first-order valence-corrected chi connectivity index (χ1v) is 8.58. The van der Waals surface area contributed by atoms with Crippen molar-refractivity contribution in [2.75, 3.05) is 18.5 Å². The largest absolute Gasteiger partial charge is 0.462 e. The van der Waals surface area contributed by atoms with Gasteiger partial charge in [0.1, 0.15) is 12.1 Å². The van der Waals surface area contributed by atoms with Gasteiger partial charge in [-0.2, -0.15) is 0 Å². The van der Waals surface area contributed by atoms with Gasteiger partial charge in [0, 0.05) is 11.1 Å². The Hall–Kier alpha value is -3.48. The molecule has 0 unspecified atom stereocenters. The van der Waals surface area contributed by atoms with E-state index in [1.807, 2.05) is 24.3 Å². The highest BCUT2D eigenvalue weighted by Gasteiger charge is 2.15. The maximum absolute atomic E-state index is 12.2. The molecule has 0 fully saturated rings. The Morgan fingerprint density at radius 1 is 0.926 bits per heavy atom. The van der Waals surface area contributed by atoms with E-state index in [-0.39, 0.29) is 24.3 Å². The van der Waals surface area contributed by atoms with Crippen LogP contribution in [0.2, 0.25) is 0 Å². The number of anilines is 2. The first-order valence-electron chi connectivity index (χ1n) is 8.58. The van der Waals surface area contributed by atoms with Gasteiger partial charge < -0.3 is 14.8 Å². The summed E-state index contributed by atoms with van der Waals surface area (Å²) < 4.78 is 10.1. The number of aromatic nitrogens is 2. The smallest absolute Gasteiger partial charge is 0.338 e. The van der Waals surface area contributed by atoms with E-state index >= 15 is 0 Å². The summed E-state index contributed by atoms with van der Waals surface area (Å²) in [6.07, 6.45) is 1.45. The molecule has 0 aliphatic rings. The summed E-state index contributed by atoms with van der Waals surface area (Å²) in [5.41, 5.74) is 1.81. The molecular weight excluding hydrogens is 346 g/mol. The predicted octanol–water partition coefficient (Wildman–Crippen LogP) is 3.73. The summed E-state index contributed by atoms with van der Waals surface area (Å²) in [5, 5.41) is 3.97. The van der Waals surface area contributed by atoms with Gasteiger partial charge in [-0.25, -0.2) is 19.6 Å². The van der Waals surface area contributed by atoms with Crippen molar-refractivity contribution in [3.8, 4) is 0 Å².